The van der Waals surface area contributed by atoms with Gasteiger partial charge in [0.25, 0.3) is 11.6 Å². The van der Waals surface area contributed by atoms with Crippen LogP contribution in [-0.2, 0) is 4.79 Å². The van der Waals surface area contributed by atoms with Gasteiger partial charge in [0.05, 0.1) is 22.3 Å². The minimum absolute atomic E-state index is 0.0300. The fourth-order valence-electron chi connectivity index (χ4n) is 3.75. The number of rotatable bonds is 3. The van der Waals surface area contributed by atoms with E-state index >= 15 is 0 Å². The molecule has 9 nitrogen and oxygen atoms in total. The number of carboxylic acid groups (broad SMARTS) is 1. The number of carbonyl (C=O) groups is 2. The molecule has 0 bridgehead atoms. The summed E-state index contributed by atoms with van der Waals surface area (Å²) in [7, 11) is 0. The molecule has 1 aliphatic heterocycles. The fraction of sp³-hybridized carbons (Fsp3) is 0.400. The van der Waals surface area contributed by atoms with Gasteiger partial charge in [0.15, 0.2) is 5.60 Å². The highest BCUT2D eigenvalue weighted by Gasteiger charge is 2.41. The first-order chi connectivity index (χ1) is 13.7. The fourth-order valence-corrected chi connectivity index (χ4v) is 3.75. The van der Waals surface area contributed by atoms with Gasteiger partial charge in [0.2, 0.25) is 0 Å². The van der Waals surface area contributed by atoms with E-state index in [0.29, 0.717) is 28.1 Å². The molecule has 3 aromatic heterocycles. The number of furan rings is 1. The molecule has 1 aliphatic rings. The number of hydrogen-bond donors (Lipinski definition) is 2. The molecule has 0 radical (unpaired) electrons. The number of pyridine rings is 1. The number of hydrogen-bond acceptors (Lipinski definition) is 7. The predicted molar refractivity (Wildman–Crippen MR) is 101 cm³/mol. The molecule has 2 N–H and O–H groups in total. The van der Waals surface area contributed by atoms with Crippen LogP contribution in [0.25, 0.3) is 22.4 Å². The van der Waals surface area contributed by atoms with E-state index < -0.39 is 11.6 Å². The zero-order valence-electron chi connectivity index (χ0n) is 16.4. The standard InChI is InChI=1S/C20H21N3O6/c1-10-8-13(12(3)28-10)15-9-14(16-11(2)22-29-17(16)21-15)18(24)23-6-4-20(27,5-7-23)19(25)26/h8-9,27H,4-7H2,1-3H3,(H,25,26). The zero-order valence-corrected chi connectivity index (χ0v) is 16.4. The Morgan fingerprint density at radius 3 is 2.45 bits per heavy atom. The number of carboxylic acids is 1. The van der Waals surface area contributed by atoms with Crippen LogP contribution in [0.15, 0.2) is 21.1 Å². The van der Waals surface area contributed by atoms with E-state index in [0.717, 1.165) is 11.3 Å². The Labute approximate surface area is 165 Å². The molecule has 0 spiro atoms. The number of aryl methyl sites for hydroxylation is 3. The normalized spacial score (nSPS) is 16.3. The van der Waals surface area contributed by atoms with Crippen LogP contribution < -0.4 is 0 Å². The molecule has 0 unspecified atom stereocenters. The van der Waals surface area contributed by atoms with Crippen molar-refractivity contribution in [1.82, 2.24) is 15.0 Å². The number of amides is 1. The summed E-state index contributed by atoms with van der Waals surface area (Å²) in [5.74, 6) is -0.146. The van der Waals surface area contributed by atoms with Crippen LogP contribution in [-0.4, -0.2) is 55.8 Å². The Balaban J connectivity index is 1.75. The molecule has 0 aliphatic carbocycles. The lowest BCUT2D eigenvalue weighted by molar-refractivity contribution is -0.162. The third kappa shape index (κ3) is 3.17. The first kappa shape index (κ1) is 19.1. The largest absolute Gasteiger partial charge is 0.479 e. The summed E-state index contributed by atoms with van der Waals surface area (Å²) >= 11 is 0. The van der Waals surface area contributed by atoms with Crippen LogP contribution in [0, 0.1) is 20.8 Å². The third-order valence-electron chi connectivity index (χ3n) is 5.44. The van der Waals surface area contributed by atoms with Gasteiger partial charge in [-0.2, -0.15) is 0 Å². The van der Waals surface area contributed by atoms with Crippen molar-refractivity contribution in [2.45, 2.75) is 39.2 Å². The van der Waals surface area contributed by atoms with Crippen molar-refractivity contribution in [2.24, 2.45) is 0 Å². The average Bonchev–Trinajstić information content (AvgIpc) is 3.22. The van der Waals surface area contributed by atoms with Crippen molar-refractivity contribution >= 4 is 23.0 Å². The number of aromatic nitrogens is 2. The second kappa shape index (κ2) is 6.70. The molecule has 9 heteroatoms. The maximum atomic E-state index is 13.3. The number of piperidine rings is 1. The lowest BCUT2D eigenvalue weighted by atomic mass is 9.91. The van der Waals surface area contributed by atoms with Gasteiger partial charge in [0.1, 0.15) is 11.5 Å². The number of nitrogens with zero attached hydrogens (tertiary/aromatic N) is 3. The molecule has 4 heterocycles. The highest BCUT2D eigenvalue weighted by molar-refractivity contribution is 6.07. The zero-order chi connectivity index (χ0) is 20.9. The highest BCUT2D eigenvalue weighted by atomic mass is 16.5. The topological polar surface area (TPSA) is 130 Å². The van der Waals surface area contributed by atoms with Crippen molar-refractivity contribution in [3.63, 3.8) is 0 Å². The van der Waals surface area contributed by atoms with Crippen LogP contribution in [0.5, 0.6) is 0 Å². The summed E-state index contributed by atoms with van der Waals surface area (Å²) in [6, 6.07) is 3.53. The Morgan fingerprint density at radius 1 is 1.17 bits per heavy atom. The maximum absolute atomic E-state index is 13.3. The Kier molecular flexibility index (Phi) is 4.42. The molecule has 3 aromatic rings. The van der Waals surface area contributed by atoms with Crippen LogP contribution in [0.4, 0.5) is 0 Å². The second-order valence-electron chi connectivity index (χ2n) is 7.46. The van der Waals surface area contributed by atoms with Crippen molar-refractivity contribution < 1.29 is 28.7 Å². The maximum Gasteiger partial charge on any atom is 0.335 e. The molecule has 1 amide bonds. The number of carbonyl (C=O) groups excluding carboxylic acids is 1. The molecule has 1 fully saturated rings. The smallest absolute Gasteiger partial charge is 0.335 e. The SMILES string of the molecule is Cc1cc(-c2cc(C(=O)N3CCC(O)(C(=O)O)CC3)c3c(C)noc3n2)c(C)o1. The summed E-state index contributed by atoms with van der Waals surface area (Å²) < 4.78 is 10.9. The third-order valence-corrected chi connectivity index (χ3v) is 5.44. The second-order valence-corrected chi connectivity index (χ2v) is 7.46. The quantitative estimate of drug-likeness (QED) is 0.687. The van der Waals surface area contributed by atoms with Gasteiger partial charge in [-0.3, -0.25) is 4.79 Å². The van der Waals surface area contributed by atoms with Crippen molar-refractivity contribution in [3.8, 4) is 11.3 Å². The Morgan fingerprint density at radius 2 is 1.86 bits per heavy atom. The van der Waals surface area contributed by atoms with Gasteiger partial charge in [-0.25, -0.2) is 9.78 Å². The number of aliphatic hydroxyl groups is 1. The van der Waals surface area contributed by atoms with Gasteiger partial charge in [0, 0.05) is 31.5 Å². The molecule has 152 valence electrons. The number of likely N-dealkylation sites (tertiary alicyclic amines) is 1. The predicted octanol–water partition coefficient (Wildman–Crippen LogP) is 2.46. The van der Waals surface area contributed by atoms with E-state index in [4.69, 9.17) is 8.94 Å². The van der Waals surface area contributed by atoms with Gasteiger partial charge < -0.3 is 24.1 Å². The molecule has 0 saturated carbocycles. The van der Waals surface area contributed by atoms with E-state index in [1.54, 1.807) is 13.0 Å². The summed E-state index contributed by atoms with van der Waals surface area (Å²) in [5, 5.41) is 23.8. The van der Waals surface area contributed by atoms with Gasteiger partial charge >= 0.3 is 5.97 Å². The van der Waals surface area contributed by atoms with Gasteiger partial charge in [-0.15, -0.1) is 0 Å². The van der Waals surface area contributed by atoms with Gasteiger partial charge in [-0.1, -0.05) is 5.16 Å². The van der Waals surface area contributed by atoms with E-state index in [2.05, 4.69) is 10.1 Å². The van der Waals surface area contributed by atoms with Crippen LogP contribution >= 0.6 is 0 Å². The summed E-state index contributed by atoms with van der Waals surface area (Å²) in [5.41, 5.74) is 0.662. The molecule has 1 saturated heterocycles. The summed E-state index contributed by atoms with van der Waals surface area (Å²) in [4.78, 5) is 30.6. The summed E-state index contributed by atoms with van der Waals surface area (Å²) in [6.07, 6.45) is -0.0599. The van der Waals surface area contributed by atoms with E-state index in [1.165, 1.54) is 4.90 Å². The minimum atomic E-state index is -1.80. The number of aliphatic carboxylic acids is 1. The van der Waals surface area contributed by atoms with Gasteiger partial charge in [-0.05, 0) is 32.9 Å². The molecular weight excluding hydrogens is 378 g/mol. The molecule has 29 heavy (non-hydrogen) atoms. The van der Waals surface area contributed by atoms with Crippen molar-refractivity contribution in [1.29, 1.82) is 0 Å². The van der Waals surface area contributed by atoms with Crippen LogP contribution in [0.1, 0.15) is 40.4 Å². The van der Waals surface area contributed by atoms with Crippen LogP contribution in [0.3, 0.4) is 0 Å². The Hall–Kier alpha value is -3.20. The first-order valence-corrected chi connectivity index (χ1v) is 9.29. The van der Waals surface area contributed by atoms with E-state index in [1.807, 2.05) is 19.9 Å². The van der Waals surface area contributed by atoms with Crippen molar-refractivity contribution in [3.05, 3.63) is 34.9 Å². The highest BCUT2D eigenvalue weighted by Crippen LogP contribution is 2.32. The van der Waals surface area contributed by atoms with Crippen LogP contribution in [0.2, 0.25) is 0 Å². The lowest BCUT2D eigenvalue weighted by Crippen LogP contribution is -2.50. The molecular formula is C20H21N3O6. The molecule has 4 rings (SSSR count). The van der Waals surface area contributed by atoms with E-state index in [-0.39, 0.29) is 37.6 Å². The van der Waals surface area contributed by atoms with E-state index in [9.17, 15) is 19.8 Å². The molecule has 0 atom stereocenters. The lowest BCUT2D eigenvalue weighted by Gasteiger charge is -2.35. The molecule has 0 aromatic carbocycles. The van der Waals surface area contributed by atoms with Crippen molar-refractivity contribution in [2.75, 3.05) is 13.1 Å². The first-order valence-electron chi connectivity index (χ1n) is 9.29. The minimum Gasteiger partial charge on any atom is -0.479 e. The number of fused-ring (bicyclic) bond motifs is 1. The summed E-state index contributed by atoms with van der Waals surface area (Å²) in [6.45, 7) is 5.65. The average molecular weight is 399 g/mol. The Bertz CT molecular complexity index is 1120. The monoisotopic (exact) mass is 399 g/mol.